The molecular weight excluding hydrogens is 230 g/mol. The van der Waals surface area contributed by atoms with E-state index in [0.29, 0.717) is 11.7 Å². The summed E-state index contributed by atoms with van der Waals surface area (Å²) in [7, 11) is 1.66. The first-order valence-electron chi connectivity index (χ1n) is 6.22. The van der Waals surface area contributed by atoms with Gasteiger partial charge in [0.05, 0.1) is 5.92 Å². The summed E-state index contributed by atoms with van der Waals surface area (Å²) >= 11 is 0. The highest BCUT2D eigenvalue weighted by molar-refractivity contribution is 5.15. The number of ether oxygens (including phenoxy) is 1. The number of rotatable bonds is 3. The van der Waals surface area contributed by atoms with Crippen LogP contribution in [0.2, 0.25) is 0 Å². The smallest absolute Gasteiger partial charge is 0.233 e. The first kappa shape index (κ1) is 13.2. The average molecular weight is 251 g/mol. The van der Waals surface area contributed by atoms with Gasteiger partial charge in [0, 0.05) is 13.2 Å². The summed E-state index contributed by atoms with van der Waals surface area (Å²) in [6.07, 6.45) is 4.66. The van der Waals surface area contributed by atoms with E-state index < -0.39 is 0 Å². The second-order valence-electron chi connectivity index (χ2n) is 5.86. The summed E-state index contributed by atoms with van der Waals surface area (Å²) in [6.45, 7) is 6.26. The van der Waals surface area contributed by atoms with Crippen LogP contribution in [0, 0.1) is 5.41 Å². The van der Waals surface area contributed by atoms with Crippen LogP contribution in [-0.2, 0) is 4.74 Å². The fourth-order valence-corrected chi connectivity index (χ4v) is 2.26. The van der Waals surface area contributed by atoms with E-state index in [-0.39, 0.29) is 23.5 Å². The van der Waals surface area contributed by atoms with Crippen molar-refractivity contribution in [3.8, 4) is 0 Å². The number of hydrogen-bond acceptors (Lipinski definition) is 5. The first-order valence-corrected chi connectivity index (χ1v) is 6.22. The maximum atomic E-state index is 5.82. The summed E-state index contributed by atoms with van der Waals surface area (Å²) in [5.74, 6) is 1.37. The quantitative estimate of drug-likeness (QED) is 0.833. The summed E-state index contributed by atoms with van der Waals surface area (Å²) in [4.78, 5) is 4.45. The van der Waals surface area contributed by atoms with Crippen molar-refractivity contribution < 1.29 is 9.26 Å². The Morgan fingerprint density at radius 1 is 1.44 bits per heavy atom. The van der Waals surface area contributed by atoms with Gasteiger partial charge >= 0.3 is 0 Å². The van der Waals surface area contributed by atoms with Crippen molar-refractivity contribution >= 4 is 0 Å². The molecule has 0 bridgehead atoms. The van der Waals surface area contributed by atoms with E-state index in [9.17, 15) is 0 Å². The van der Waals surface area contributed by atoms with Crippen molar-refractivity contribution in [1.82, 2.24) is 10.1 Å². The van der Waals surface area contributed by atoms with E-state index in [1.165, 1.54) is 0 Å². The van der Waals surface area contributed by atoms with Crippen LogP contribution in [0.4, 0.5) is 0 Å². The zero-order chi connectivity index (χ0) is 13.3. The minimum Gasteiger partial charge on any atom is -0.373 e. The second-order valence-corrected chi connectivity index (χ2v) is 5.86. The number of nitrogens with two attached hydrogens (primary N) is 1. The highest BCUT2D eigenvalue weighted by Gasteiger charge is 2.32. The molecule has 18 heavy (non-hydrogen) atoms. The van der Waals surface area contributed by atoms with E-state index in [1.54, 1.807) is 7.11 Å². The molecule has 100 valence electrons. The van der Waals surface area contributed by atoms with E-state index in [0.717, 1.165) is 6.42 Å². The molecule has 2 rings (SSSR count). The van der Waals surface area contributed by atoms with Crippen molar-refractivity contribution in [1.29, 1.82) is 0 Å². The molecule has 0 fully saturated rings. The molecule has 0 spiro atoms. The Balaban J connectivity index is 2.17. The van der Waals surface area contributed by atoms with Crippen LogP contribution >= 0.6 is 0 Å². The molecule has 0 radical (unpaired) electrons. The molecule has 0 aromatic carbocycles. The van der Waals surface area contributed by atoms with Gasteiger partial charge in [-0.2, -0.15) is 4.98 Å². The van der Waals surface area contributed by atoms with Crippen LogP contribution in [0.15, 0.2) is 16.7 Å². The molecule has 2 N–H and O–H groups in total. The highest BCUT2D eigenvalue weighted by atomic mass is 16.5. The van der Waals surface area contributed by atoms with Crippen molar-refractivity contribution in [3.63, 3.8) is 0 Å². The lowest BCUT2D eigenvalue weighted by Gasteiger charge is -2.26. The zero-order valence-corrected chi connectivity index (χ0v) is 11.4. The van der Waals surface area contributed by atoms with Gasteiger partial charge in [-0.25, -0.2) is 0 Å². The molecule has 5 nitrogen and oxygen atoms in total. The van der Waals surface area contributed by atoms with Crippen molar-refractivity contribution in [2.45, 2.75) is 45.3 Å². The lowest BCUT2D eigenvalue weighted by Crippen LogP contribution is -2.21. The van der Waals surface area contributed by atoms with E-state index in [4.69, 9.17) is 15.0 Å². The largest absolute Gasteiger partial charge is 0.373 e. The summed E-state index contributed by atoms with van der Waals surface area (Å²) in [6, 6.07) is 0.0891. The summed E-state index contributed by atoms with van der Waals surface area (Å²) < 4.78 is 10.8. The average Bonchev–Trinajstić information content (AvgIpc) is 2.85. The maximum absolute atomic E-state index is 5.82. The molecular formula is C13H21N3O2. The summed E-state index contributed by atoms with van der Waals surface area (Å²) in [5, 5.41) is 4.04. The molecule has 3 unspecified atom stereocenters. The predicted octanol–water partition coefficient (Wildman–Crippen LogP) is 2.17. The van der Waals surface area contributed by atoms with Gasteiger partial charge in [-0.1, -0.05) is 38.1 Å². The molecule has 0 saturated heterocycles. The van der Waals surface area contributed by atoms with Crippen LogP contribution in [0.3, 0.4) is 0 Å². The normalized spacial score (nSPS) is 25.6. The van der Waals surface area contributed by atoms with Crippen LogP contribution < -0.4 is 5.73 Å². The van der Waals surface area contributed by atoms with E-state index in [2.05, 4.69) is 30.9 Å². The number of allylic oxidation sites excluding steroid dienone is 1. The molecule has 1 aliphatic rings. The molecule has 3 atom stereocenters. The fourth-order valence-electron chi connectivity index (χ4n) is 2.26. The lowest BCUT2D eigenvalue weighted by atomic mass is 9.88. The van der Waals surface area contributed by atoms with Gasteiger partial charge in [0.1, 0.15) is 6.10 Å². The van der Waals surface area contributed by atoms with Crippen LogP contribution in [0.5, 0.6) is 0 Å². The third-order valence-corrected chi connectivity index (χ3v) is 3.15. The van der Waals surface area contributed by atoms with E-state index >= 15 is 0 Å². The number of methoxy groups -OCH3 is 1. The van der Waals surface area contributed by atoms with Crippen LogP contribution in [0.25, 0.3) is 0 Å². The molecule has 1 aromatic rings. The maximum Gasteiger partial charge on any atom is 0.233 e. The van der Waals surface area contributed by atoms with Gasteiger partial charge in [-0.05, 0) is 11.8 Å². The van der Waals surface area contributed by atoms with Crippen LogP contribution in [-0.4, -0.2) is 23.3 Å². The molecule has 1 aliphatic carbocycles. The SMILES string of the molecule is COC(c1noc(C2C=CC(N)C2)n1)C(C)(C)C. The Morgan fingerprint density at radius 2 is 2.17 bits per heavy atom. The molecule has 0 aliphatic heterocycles. The molecule has 0 amide bonds. The van der Waals surface area contributed by atoms with Gasteiger partial charge in [-0.3, -0.25) is 0 Å². The molecule has 5 heteroatoms. The molecule has 1 aromatic heterocycles. The Labute approximate surface area is 107 Å². The van der Waals surface area contributed by atoms with Crippen molar-refractivity contribution in [2.75, 3.05) is 7.11 Å². The predicted molar refractivity (Wildman–Crippen MR) is 68.0 cm³/mol. The number of hydrogen-bond donors (Lipinski definition) is 1. The Morgan fingerprint density at radius 3 is 2.67 bits per heavy atom. The third-order valence-electron chi connectivity index (χ3n) is 3.15. The van der Waals surface area contributed by atoms with Crippen molar-refractivity contribution in [2.24, 2.45) is 11.1 Å². The minimum atomic E-state index is -0.172. The number of aromatic nitrogens is 2. The fraction of sp³-hybridized carbons (Fsp3) is 0.692. The number of nitrogens with zero attached hydrogens (tertiary/aromatic N) is 2. The zero-order valence-electron chi connectivity index (χ0n) is 11.4. The van der Waals surface area contributed by atoms with Crippen LogP contribution in [0.1, 0.15) is 50.9 Å². The monoisotopic (exact) mass is 251 g/mol. The topological polar surface area (TPSA) is 74.2 Å². The minimum absolute atomic E-state index is 0.0716. The standard InChI is InChI=1S/C13H21N3O2/c1-13(2,3)10(17-4)11-15-12(18-16-11)8-5-6-9(14)7-8/h5-6,8-10H,7,14H2,1-4H3. The summed E-state index contributed by atoms with van der Waals surface area (Å²) in [5.41, 5.74) is 5.75. The van der Waals surface area contributed by atoms with E-state index in [1.807, 2.05) is 12.2 Å². The molecule has 1 heterocycles. The molecule has 0 saturated carbocycles. The van der Waals surface area contributed by atoms with Gasteiger partial charge in [0.25, 0.3) is 0 Å². The Kier molecular flexibility index (Phi) is 3.54. The third kappa shape index (κ3) is 2.62. The van der Waals surface area contributed by atoms with Gasteiger partial charge < -0.3 is 15.0 Å². The first-order chi connectivity index (χ1) is 8.41. The van der Waals surface area contributed by atoms with Gasteiger partial charge in [0.15, 0.2) is 0 Å². The van der Waals surface area contributed by atoms with Crippen molar-refractivity contribution in [3.05, 3.63) is 23.9 Å². The Bertz CT molecular complexity index is 434. The second kappa shape index (κ2) is 4.82. The van der Waals surface area contributed by atoms with Gasteiger partial charge in [-0.15, -0.1) is 0 Å². The highest BCUT2D eigenvalue weighted by Crippen LogP contribution is 2.35. The Hall–Kier alpha value is -1.20. The van der Waals surface area contributed by atoms with Gasteiger partial charge in [0.2, 0.25) is 11.7 Å². The lowest BCUT2D eigenvalue weighted by molar-refractivity contribution is 0.00718.